The van der Waals surface area contributed by atoms with Crippen LogP contribution in [0.15, 0.2) is 12.3 Å². The Labute approximate surface area is 75.4 Å². The molecule has 1 aromatic rings. The normalized spacial score (nSPS) is 12.8. The second kappa shape index (κ2) is 3.63. The lowest BCUT2D eigenvalue weighted by Gasteiger charge is -2.03. The van der Waals surface area contributed by atoms with Crippen molar-refractivity contribution in [1.29, 1.82) is 0 Å². The SMILES string of the molecule is CC(CC(=O)O)c1c[nH]c(Cl)c1. The van der Waals surface area contributed by atoms with Crippen LogP contribution in [0, 0.1) is 0 Å². The molecule has 0 aliphatic carbocycles. The number of aliphatic carboxylic acids is 1. The number of carboxylic acids is 1. The molecule has 3 nitrogen and oxygen atoms in total. The van der Waals surface area contributed by atoms with Crippen LogP contribution >= 0.6 is 11.6 Å². The summed E-state index contributed by atoms with van der Waals surface area (Å²) < 4.78 is 0. The Morgan fingerprint density at radius 2 is 2.50 bits per heavy atom. The summed E-state index contributed by atoms with van der Waals surface area (Å²) in [6.45, 7) is 1.85. The number of aromatic nitrogens is 1. The number of H-pyrrole nitrogens is 1. The van der Waals surface area contributed by atoms with Crippen LogP contribution in [0.3, 0.4) is 0 Å². The minimum absolute atomic E-state index is 0.00579. The van der Waals surface area contributed by atoms with E-state index in [0.29, 0.717) is 5.15 Å². The quantitative estimate of drug-likeness (QED) is 0.763. The Balaban J connectivity index is 2.64. The minimum Gasteiger partial charge on any atom is -0.481 e. The Hall–Kier alpha value is -0.960. The van der Waals surface area contributed by atoms with Crippen LogP contribution in [0.4, 0.5) is 0 Å². The predicted octanol–water partition coefficient (Wildman–Crippen LogP) is 2.25. The van der Waals surface area contributed by atoms with Crippen molar-refractivity contribution in [3.63, 3.8) is 0 Å². The molecule has 0 aliphatic rings. The maximum atomic E-state index is 10.3. The highest BCUT2D eigenvalue weighted by Gasteiger charge is 2.10. The van der Waals surface area contributed by atoms with Crippen molar-refractivity contribution < 1.29 is 9.90 Å². The Morgan fingerprint density at radius 3 is 2.92 bits per heavy atom. The van der Waals surface area contributed by atoms with Crippen molar-refractivity contribution in [3.8, 4) is 0 Å². The van der Waals surface area contributed by atoms with Crippen molar-refractivity contribution in [2.75, 3.05) is 0 Å². The number of aromatic amines is 1. The molecule has 0 aromatic carbocycles. The summed E-state index contributed by atoms with van der Waals surface area (Å²) >= 11 is 5.64. The van der Waals surface area contributed by atoms with Gasteiger partial charge in [0.05, 0.1) is 6.42 Å². The van der Waals surface area contributed by atoms with E-state index in [2.05, 4.69) is 4.98 Å². The highest BCUT2D eigenvalue weighted by Crippen LogP contribution is 2.21. The predicted molar refractivity (Wildman–Crippen MR) is 46.5 cm³/mol. The first kappa shape index (κ1) is 9.13. The van der Waals surface area contributed by atoms with Crippen molar-refractivity contribution in [2.45, 2.75) is 19.3 Å². The van der Waals surface area contributed by atoms with Crippen molar-refractivity contribution in [3.05, 3.63) is 23.0 Å². The third-order valence-corrected chi connectivity index (χ3v) is 1.94. The second-order valence-electron chi connectivity index (χ2n) is 2.78. The second-order valence-corrected chi connectivity index (χ2v) is 3.19. The summed E-state index contributed by atoms with van der Waals surface area (Å²) in [4.78, 5) is 13.1. The lowest BCUT2D eigenvalue weighted by atomic mass is 10.0. The molecule has 66 valence electrons. The van der Waals surface area contributed by atoms with Gasteiger partial charge in [0.25, 0.3) is 0 Å². The van der Waals surface area contributed by atoms with Gasteiger partial charge in [-0.2, -0.15) is 0 Å². The molecule has 0 amide bonds. The van der Waals surface area contributed by atoms with Crippen LogP contribution in [-0.4, -0.2) is 16.1 Å². The third-order valence-electron chi connectivity index (χ3n) is 1.72. The van der Waals surface area contributed by atoms with E-state index in [-0.39, 0.29) is 12.3 Å². The number of carbonyl (C=O) groups is 1. The third kappa shape index (κ3) is 2.27. The number of hydrogen-bond acceptors (Lipinski definition) is 1. The van der Waals surface area contributed by atoms with Crippen LogP contribution in [0.2, 0.25) is 5.15 Å². The van der Waals surface area contributed by atoms with Crippen LogP contribution in [0.5, 0.6) is 0 Å². The summed E-state index contributed by atoms with van der Waals surface area (Å²) in [5, 5.41) is 9.05. The molecule has 1 rings (SSSR count). The molecule has 2 N–H and O–H groups in total. The molecule has 1 unspecified atom stereocenters. The zero-order valence-electron chi connectivity index (χ0n) is 6.67. The molecule has 0 saturated heterocycles. The largest absolute Gasteiger partial charge is 0.481 e. The van der Waals surface area contributed by atoms with Crippen LogP contribution in [0.1, 0.15) is 24.8 Å². The van der Waals surface area contributed by atoms with Crippen molar-refractivity contribution in [2.24, 2.45) is 0 Å². The van der Waals surface area contributed by atoms with Gasteiger partial charge in [-0.25, -0.2) is 0 Å². The van der Waals surface area contributed by atoms with E-state index >= 15 is 0 Å². The van der Waals surface area contributed by atoms with Gasteiger partial charge < -0.3 is 10.1 Å². The van der Waals surface area contributed by atoms with Gasteiger partial charge in [0.1, 0.15) is 5.15 Å². The summed E-state index contributed by atoms with van der Waals surface area (Å²) in [6, 6.07) is 1.75. The first-order valence-electron chi connectivity index (χ1n) is 3.65. The Morgan fingerprint density at radius 1 is 1.83 bits per heavy atom. The first-order valence-corrected chi connectivity index (χ1v) is 4.03. The van der Waals surface area contributed by atoms with Gasteiger partial charge >= 0.3 is 5.97 Å². The van der Waals surface area contributed by atoms with Crippen LogP contribution < -0.4 is 0 Å². The fourth-order valence-corrected chi connectivity index (χ4v) is 1.23. The lowest BCUT2D eigenvalue weighted by Crippen LogP contribution is -2.01. The molecular weight excluding hydrogens is 178 g/mol. The lowest BCUT2D eigenvalue weighted by molar-refractivity contribution is -0.137. The minimum atomic E-state index is -0.792. The highest BCUT2D eigenvalue weighted by atomic mass is 35.5. The standard InChI is InChI=1S/C8H10ClNO2/c1-5(2-8(11)12)6-3-7(9)10-4-6/h3-5,10H,2H2,1H3,(H,11,12). The van der Waals surface area contributed by atoms with Gasteiger partial charge in [0.15, 0.2) is 0 Å². The highest BCUT2D eigenvalue weighted by molar-refractivity contribution is 6.29. The van der Waals surface area contributed by atoms with Crippen LogP contribution in [0.25, 0.3) is 0 Å². The van der Waals surface area contributed by atoms with E-state index in [1.807, 2.05) is 6.92 Å². The summed E-state index contributed by atoms with van der Waals surface area (Å²) in [6.07, 6.45) is 1.87. The molecule has 1 atom stereocenters. The van der Waals surface area contributed by atoms with Gasteiger partial charge in [-0.15, -0.1) is 0 Å². The van der Waals surface area contributed by atoms with E-state index in [9.17, 15) is 4.79 Å². The molecule has 1 heterocycles. The number of nitrogens with one attached hydrogen (secondary N) is 1. The summed E-state index contributed by atoms with van der Waals surface area (Å²) in [7, 11) is 0. The number of carboxylic acid groups (broad SMARTS) is 1. The molecule has 0 bridgehead atoms. The fourth-order valence-electron chi connectivity index (χ4n) is 1.05. The van der Waals surface area contributed by atoms with Gasteiger partial charge in [0, 0.05) is 6.20 Å². The average molecular weight is 188 g/mol. The van der Waals surface area contributed by atoms with Crippen molar-refractivity contribution >= 4 is 17.6 Å². The van der Waals surface area contributed by atoms with E-state index in [0.717, 1.165) is 5.56 Å². The Kier molecular flexibility index (Phi) is 2.76. The number of rotatable bonds is 3. The monoisotopic (exact) mass is 187 g/mol. The summed E-state index contributed by atoms with van der Waals surface area (Å²) in [5.41, 5.74) is 0.933. The summed E-state index contributed by atoms with van der Waals surface area (Å²) in [5.74, 6) is -0.786. The van der Waals surface area contributed by atoms with Gasteiger partial charge in [-0.05, 0) is 17.5 Å². The molecule has 12 heavy (non-hydrogen) atoms. The topological polar surface area (TPSA) is 53.1 Å². The average Bonchev–Trinajstić information content (AvgIpc) is 2.34. The zero-order chi connectivity index (χ0) is 9.14. The van der Waals surface area contributed by atoms with Gasteiger partial charge in [0.2, 0.25) is 0 Å². The van der Waals surface area contributed by atoms with Gasteiger partial charge in [-0.1, -0.05) is 18.5 Å². The number of hydrogen-bond donors (Lipinski definition) is 2. The molecule has 1 aromatic heterocycles. The molecular formula is C8H10ClNO2. The molecule has 0 aliphatic heterocycles. The zero-order valence-corrected chi connectivity index (χ0v) is 7.43. The smallest absolute Gasteiger partial charge is 0.303 e. The molecule has 0 spiro atoms. The van der Waals surface area contributed by atoms with E-state index in [1.165, 1.54) is 0 Å². The fraction of sp³-hybridized carbons (Fsp3) is 0.375. The maximum Gasteiger partial charge on any atom is 0.303 e. The maximum absolute atomic E-state index is 10.3. The molecule has 4 heteroatoms. The molecule has 0 saturated carbocycles. The number of halogens is 1. The van der Waals surface area contributed by atoms with Gasteiger partial charge in [-0.3, -0.25) is 4.79 Å². The van der Waals surface area contributed by atoms with E-state index in [4.69, 9.17) is 16.7 Å². The Bertz CT molecular complexity index is 282. The van der Waals surface area contributed by atoms with E-state index in [1.54, 1.807) is 12.3 Å². The first-order chi connectivity index (χ1) is 5.59. The molecule has 0 radical (unpaired) electrons. The molecule has 0 fully saturated rings. The van der Waals surface area contributed by atoms with Crippen LogP contribution in [-0.2, 0) is 4.79 Å². The van der Waals surface area contributed by atoms with E-state index < -0.39 is 5.97 Å². The van der Waals surface area contributed by atoms with Crippen molar-refractivity contribution in [1.82, 2.24) is 4.98 Å².